The Balaban J connectivity index is 2.56. The number of nitrogens with zero attached hydrogens (tertiary/aromatic N) is 2. The maximum absolute atomic E-state index is 13.1. The van der Waals surface area contributed by atoms with Gasteiger partial charge in [0, 0.05) is 5.56 Å². The van der Waals surface area contributed by atoms with Crippen molar-refractivity contribution in [1.82, 2.24) is 9.97 Å². The molecule has 0 radical (unpaired) electrons. The second-order valence-electron chi connectivity index (χ2n) is 3.46. The van der Waals surface area contributed by atoms with Crippen molar-refractivity contribution in [2.45, 2.75) is 13.3 Å². The molecule has 5 heteroatoms. The molecule has 1 aromatic carbocycles. The van der Waals surface area contributed by atoms with E-state index >= 15 is 0 Å². The third-order valence-electron chi connectivity index (χ3n) is 2.30. The highest BCUT2D eigenvalue weighted by Crippen LogP contribution is 2.27. The lowest BCUT2D eigenvalue weighted by Crippen LogP contribution is -1.97. The summed E-state index contributed by atoms with van der Waals surface area (Å²) in [5.41, 5.74) is 1.43. The summed E-state index contributed by atoms with van der Waals surface area (Å²) in [5, 5.41) is 0.344. The molecule has 2 rings (SSSR count). The Kier molecular flexibility index (Phi) is 3.74. The van der Waals surface area contributed by atoms with Gasteiger partial charge in [0.1, 0.15) is 11.0 Å². The zero-order valence-corrected chi connectivity index (χ0v) is 11.4. The van der Waals surface area contributed by atoms with Gasteiger partial charge in [-0.2, -0.15) is 0 Å². The third kappa shape index (κ3) is 2.64. The fourth-order valence-electron chi connectivity index (χ4n) is 1.45. The van der Waals surface area contributed by atoms with Crippen LogP contribution in [0.4, 0.5) is 4.39 Å². The van der Waals surface area contributed by atoms with E-state index < -0.39 is 0 Å². The Labute approximate surface area is 112 Å². The van der Waals surface area contributed by atoms with E-state index in [9.17, 15) is 4.39 Å². The Hall–Kier alpha value is -1.00. The smallest absolute Gasteiger partial charge is 0.161 e. The van der Waals surface area contributed by atoms with Crippen LogP contribution >= 0.6 is 27.5 Å². The van der Waals surface area contributed by atoms with Gasteiger partial charge < -0.3 is 0 Å². The zero-order valence-electron chi connectivity index (χ0n) is 9.04. The van der Waals surface area contributed by atoms with Crippen molar-refractivity contribution in [2.75, 3.05) is 0 Å². The lowest BCUT2D eigenvalue weighted by Gasteiger charge is -2.06. The summed E-state index contributed by atoms with van der Waals surface area (Å²) >= 11 is 9.33. The minimum Gasteiger partial charge on any atom is -0.232 e. The van der Waals surface area contributed by atoms with Gasteiger partial charge in [-0.3, -0.25) is 0 Å². The second kappa shape index (κ2) is 5.10. The Bertz CT molecular complexity index is 560. The molecule has 1 heterocycles. The fraction of sp³-hybridized carbons (Fsp3) is 0.167. The number of benzene rings is 1. The highest BCUT2D eigenvalue weighted by atomic mass is 79.9. The molecule has 0 saturated carbocycles. The molecule has 0 N–H and O–H groups in total. The van der Waals surface area contributed by atoms with Crippen LogP contribution in [-0.4, -0.2) is 9.97 Å². The van der Waals surface area contributed by atoms with Gasteiger partial charge in [0.15, 0.2) is 5.82 Å². The van der Waals surface area contributed by atoms with Crippen molar-refractivity contribution in [1.29, 1.82) is 0 Å². The Morgan fingerprint density at radius 1 is 1.35 bits per heavy atom. The summed E-state index contributed by atoms with van der Waals surface area (Å²) in [5.74, 6) is 0.123. The monoisotopic (exact) mass is 314 g/mol. The summed E-state index contributed by atoms with van der Waals surface area (Å²) in [7, 11) is 0. The van der Waals surface area contributed by atoms with Crippen LogP contribution < -0.4 is 0 Å². The summed E-state index contributed by atoms with van der Waals surface area (Å²) in [4.78, 5) is 8.49. The molecule has 0 fully saturated rings. The van der Waals surface area contributed by atoms with Gasteiger partial charge in [-0.25, -0.2) is 14.4 Å². The first-order chi connectivity index (χ1) is 8.11. The summed E-state index contributed by atoms with van der Waals surface area (Å²) in [6.45, 7) is 1.97. The third-order valence-corrected chi connectivity index (χ3v) is 3.63. The molecule has 0 saturated heterocycles. The highest BCUT2D eigenvalue weighted by Gasteiger charge is 2.11. The maximum Gasteiger partial charge on any atom is 0.161 e. The van der Waals surface area contributed by atoms with Gasteiger partial charge in [0.25, 0.3) is 0 Å². The van der Waals surface area contributed by atoms with Crippen LogP contribution in [0.25, 0.3) is 11.4 Å². The molecule has 0 atom stereocenters. The largest absolute Gasteiger partial charge is 0.232 e. The summed E-state index contributed by atoms with van der Waals surface area (Å²) < 4.78 is 13.8. The van der Waals surface area contributed by atoms with Crippen molar-refractivity contribution in [3.05, 3.63) is 45.4 Å². The van der Waals surface area contributed by atoms with Crippen molar-refractivity contribution in [2.24, 2.45) is 0 Å². The van der Waals surface area contributed by atoms with E-state index in [1.54, 1.807) is 12.1 Å². The van der Waals surface area contributed by atoms with Gasteiger partial charge in [0.05, 0.1) is 10.2 Å². The van der Waals surface area contributed by atoms with Gasteiger partial charge in [0.2, 0.25) is 0 Å². The van der Waals surface area contributed by atoms with E-state index in [-0.39, 0.29) is 5.82 Å². The van der Waals surface area contributed by atoms with Crippen LogP contribution in [0.5, 0.6) is 0 Å². The van der Waals surface area contributed by atoms with Crippen LogP contribution in [-0.2, 0) is 6.42 Å². The van der Waals surface area contributed by atoms with Crippen LogP contribution in [0.2, 0.25) is 5.15 Å². The lowest BCUT2D eigenvalue weighted by atomic mass is 10.2. The summed E-state index contributed by atoms with van der Waals surface area (Å²) in [6, 6.07) is 6.14. The maximum atomic E-state index is 13.1. The van der Waals surface area contributed by atoms with Gasteiger partial charge in [-0.15, -0.1) is 0 Å². The van der Waals surface area contributed by atoms with Crippen LogP contribution in [0.3, 0.4) is 0 Å². The Morgan fingerprint density at radius 3 is 2.76 bits per heavy atom. The average Bonchev–Trinajstić information content (AvgIpc) is 2.32. The first kappa shape index (κ1) is 12.5. The molecule has 0 unspecified atom stereocenters. The molecule has 88 valence electrons. The topological polar surface area (TPSA) is 25.8 Å². The van der Waals surface area contributed by atoms with Crippen molar-refractivity contribution < 1.29 is 4.39 Å². The molecule has 17 heavy (non-hydrogen) atoms. The number of hydrogen-bond donors (Lipinski definition) is 0. The lowest BCUT2D eigenvalue weighted by molar-refractivity contribution is 0.628. The molecule has 1 aromatic heterocycles. The molecule has 0 aliphatic heterocycles. The fourth-order valence-corrected chi connectivity index (χ4v) is 2.10. The quantitative estimate of drug-likeness (QED) is 0.774. The predicted molar refractivity (Wildman–Crippen MR) is 69.5 cm³/mol. The van der Waals surface area contributed by atoms with Crippen molar-refractivity contribution in [3.8, 4) is 11.4 Å². The number of halogens is 3. The van der Waals surface area contributed by atoms with E-state index in [0.29, 0.717) is 21.0 Å². The van der Waals surface area contributed by atoms with E-state index in [1.165, 1.54) is 12.1 Å². The van der Waals surface area contributed by atoms with Crippen LogP contribution in [0.15, 0.2) is 28.7 Å². The number of rotatable bonds is 2. The van der Waals surface area contributed by atoms with Crippen molar-refractivity contribution >= 4 is 27.5 Å². The molecule has 0 spiro atoms. The predicted octanol–water partition coefficient (Wildman–Crippen LogP) is 4.26. The molecule has 0 amide bonds. The number of hydrogen-bond acceptors (Lipinski definition) is 2. The normalized spacial score (nSPS) is 10.6. The molecular weight excluding hydrogens is 307 g/mol. The molecule has 0 aliphatic carbocycles. The summed E-state index contributed by atoms with van der Waals surface area (Å²) in [6.07, 6.45) is 0.727. The first-order valence-corrected chi connectivity index (χ1v) is 6.26. The highest BCUT2D eigenvalue weighted by molar-refractivity contribution is 9.10. The van der Waals surface area contributed by atoms with Crippen LogP contribution in [0.1, 0.15) is 12.6 Å². The van der Waals surface area contributed by atoms with Gasteiger partial charge in [-0.05, 0) is 34.5 Å². The Morgan fingerprint density at radius 2 is 2.12 bits per heavy atom. The van der Waals surface area contributed by atoms with E-state index in [0.717, 1.165) is 12.1 Å². The van der Waals surface area contributed by atoms with E-state index in [4.69, 9.17) is 11.6 Å². The van der Waals surface area contributed by atoms with Crippen LogP contribution in [0, 0.1) is 5.82 Å². The number of aryl methyl sites for hydroxylation is 1. The minimum atomic E-state index is -0.316. The van der Waals surface area contributed by atoms with E-state index in [2.05, 4.69) is 25.9 Å². The van der Waals surface area contributed by atoms with Gasteiger partial charge in [-0.1, -0.05) is 30.7 Å². The molecule has 0 bridgehead atoms. The SMILES string of the molecule is CCc1nc(-c2cccc(F)c2)nc(Cl)c1Br. The average molecular weight is 316 g/mol. The van der Waals surface area contributed by atoms with E-state index in [1.807, 2.05) is 6.92 Å². The first-order valence-electron chi connectivity index (χ1n) is 5.09. The second-order valence-corrected chi connectivity index (χ2v) is 4.61. The molecule has 2 aromatic rings. The zero-order chi connectivity index (χ0) is 12.4. The minimum absolute atomic E-state index is 0.316. The van der Waals surface area contributed by atoms with Crippen molar-refractivity contribution in [3.63, 3.8) is 0 Å². The standard InChI is InChI=1S/C12H9BrClFN2/c1-2-9-10(13)11(14)17-12(16-9)7-4-3-5-8(15)6-7/h3-6H,2H2,1H3. The van der Waals surface area contributed by atoms with Gasteiger partial charge >= 0.3 is 0 Å². The molecular formula is C12H9BrClFN2. The molecule has 0 aliphatic rings. The molecule has 2 nitrogen and oxygen atoms in total. The number of aromatic nitrogens is 2.